The van der Waals surface area contributed by atoms with Gasteiger partial charge in [0, 0.05) is 13.7 Å². The van der Waals surface area contributed by atoms with Crippen LogP contribution in [0.25, 0.3) is 21.2 Å². The fourth-order valence-corrected chi connectivity index (χ4v) is 4.35. The van der Waals surface area contributed by atoms with Crippen LogP contribution in [-0.2, 0) is 11.3 Å². The standard InChI is InChI=1S/C20H15ClN2O4S/c1-26-10-9-23-17-14(21)6-4-8-16(17)28-20(23)22-19(25)13-11-27-15-7-3-2-5-12(15)18(13)24/h2-8,11H,9-10H2,1H3. The molecule has 4 rings (SSSR count). The Hall–Kier alpha value is -2.74. The van der Waals surface area contributed by atoms with Crippen molar-refractivity contribution in [2.24, 2.45) is 4.99 Å². The minimum Gasteiger partial charge on any atom is -0.463 e. The topological polar surface area (TPSA) is 73.8 Å². The lowest BCUT2D eigenvalue weighted by molar-refractivity contribution is 0.0994. The van der Waals surface area contributed by atoms with E-state index in [1.165, 1.54) is 11.3 Å². The van der Waals surface area contributed by atoms with Gasteiger partial charge in [0.25, 0.3) is 5.91 Å². The van der Waals surface area contributed by atoms with Crippen molar-refractivity contribution in [3.63, 3.8) is 0 Å². The number of fused-ring (bicyclic) bond motifs is 2. The Kier molecular flexibility index (Phi) is 5.13. The number of para-hydroxylation sites is 2. The fraction of sp³-hybridized carbons (Fsp3) is 0.150. The van der Waals surface area contributed by atoms with Crippen molar-refractivity contribution in [3.8, 4) is 0 Å². The number of hydrogen-bond acceptors (Lipinski definition) is 5. The van der Waals surface area contributed by atoms with Crippen molar-refractivity contribution in [2.75, 3.05) is 13.7 Å². The molecule has 0 unspecified atom stereocenters. The van der Waals surface area contributed by atoms with Crippen LogP contribution >= 0.6 is 22.9 Å². The Morgan fingerprint density at radius 3 is 2.89 bits per heavy atom. The monoisotopic (exact) mass is 414 g/mol. The van der Waals surface area contributed by atoms with Crippen molar-refractivity contribution in [3.05, 3.63) is 74.3 Å². The van der Waals surface area contributed by atoms with Gasteiger partial charge in [0.1, 0.15) is 17.4 Å². The maximum absolute atomic E-state index is 12.8. The maximum atomic E-state index is 12.8. The zero-order chi connectivity index (χ0) is 19.7. The van der Waals surface area contributed by atoms with Gasteiger partial charge < -0.3 is 13.7 Å². The molecule has 0 fully saturated rings. The van der Waals surface area contributed by atoms with Gasteiger partial charge in [0.15, 0.2) is 4.80 Å². The first-order valence-corrected chi connectivity index (χ1v) is 9.66. The summed E-state index contributed by atoms with van der Waals surface area (Å²) >= 11 is 7.68. The summed E-state index contributed by atoms with van der Waals surface area (Å²) in [6.45, 7) is 0.898. The van der Waals surface area contributed by atoms with Gasteiger partial charge >= 0.3 is 0 Å². The molecule has 0 bridgehead atoms. The molecule has 0 saturated carbocycles. The maximum Gasteiger partial charge on any atom is 0.286 e. The molecule has 28 heavy (non-hydrogen) atoms. The first-order valence-electron chi connectivity index (χ1n) is 8.46. The molecule has 0 atom stereocenters. The van der Waals surface area contributed by atoms with E-state index in [2.05, 4.69) is 4.99 Å². The number of aromatic nitrogens is 1. The molecule has 6 nitrogen and oxygen atoms in total. The molecule has 0 spiro atoms. The molecule has 0 aliphatic rings. The largest absolute Gasteiger partial charge is 0.463 e. The summed E-state index contributed by atoms with van der Waals surface area (Å²) in [6.07, 6.45) is 1.16. The Bertz CT molecular complexity index is 1320. The number of nitrogens with zero attached hydrogens (tertiary/aromatic N) is 2. The van der Waals surface area contributed by atoms with Crippen LogP contribution in [0.2, 0.25) is 5.02 Å². The van der Waals surface area contributed by atoms with Crippen molar-refractivity contribution < 1.29 is 13.9 Å². The number of benzene rings is 2. The van der Waals surface area contributed by atoms with Crippen LogP contribution < -0.4 is 10.2 Å². The molecule has 0 aliphatic carbocycles. The number of ether oxygens (including phenoxy) is 1. The summed E-state index contributed by atoms with van der Waals surface area (Å²) in [7, 11) is 1.60. The van der Waals surface area contributed by atoms with Gasteiger partial charge in [-0.15, -0.1) is 0 Å². The van der Waals surface area contributed by atoms with Gasteiger partial charge in [-0.25, -0.2) is 0 Å². The Morgan fingerprint density at radius 2 is 2.07 bits per heavy atom. The van der Waals surface area contributed by atoms with Gasteiger partial charge in [-0.05, 0) is 24.3 Å². The molecule has 0 saturated heterocycles. The zero-order valence-corrected chi connectivity index (χ0v) is 16.4. The molecule has 2 aromatic heterocycles. The van der Waals surface area contributed by atoms with Crippen LogP contribution in [0.3, 0.4) is 0 Å². The number of carbonyl (C=O) groups is 1. The number of carbonyl (C=O) groups excluding carboxylic acids is 1. The van der Waals surface area contributed by atoms with E-state index in [9.17, 15) is 9.59 Å². The normalized spacial score (nSPS) is 12.1. The van der Waals surface area contributed by atoms with Crippen molar-refractivity contribution >= 4 is 50.0 Å². The summed E-state index contributed by atoms with van der Waals surface area (Å²) in [5.74, 6) is -0.659. The molecule has 4 aromatic rings. The van der Waals surface area contributed by atoms with Crippen LogP contribution in [0.1, 0.15) is 10.4 Å². The Labute approximate surface area is 168 Å². The molecular formula is C20H15ClN2O4S. The van der Waals surface area contributed by atoms with Crippen molar-refractivity contribution in [2.45, 2.75) is 6.54 Å². The quantitative estimate of drug-likeness (QED) is 0.508. The number of thiazole rings is 1. The van der Waals surface area contributed by atoms with E-state index in [0.717, 1.165) is 16.5 Å². The Balaban J connectivity index is 1.88. The lowest BCUT2D eigenvalue weighted by Crippen LogP contribution is -2.21. The van der Waals surface area contributed by atoms with Crippen LogP contribution in [-0.4, -0.2) is 24.2 Å². The SMILES string of the molecule is COCCn1c(=NC(=O)c2coc3ccccc3c2=O)sc2cccc(Cl)c21. The van der Waals surface area contributed by atoms with E-state index in [1.807, 2.05) is 16.7 Å². The number of rotatable bonds is 4. The van der Waals surface area contributed by atoms with E-state index in [1.54, 1.807) is 37.4 Å². The van der Waals surface area contributed by atoms with Crippen LogP contribution in [0, 0.1) is 0 Å². The molecule has 2 aromatic carbocycles. The van der Waals surface area contributed by atoms with Gasteiger partial charge in [-0.1, -0.05) is 41.1 Å². The second kappa shape index (κ2) is 7.71. The third-order valence-corrected chi connectivity index (χ3v) is 5.63. The minimum absolute atomic E-state index is 0.111. The molecule has 1 amide bonds. The predicted molar refractivity (Wildman–Crippen MR) is 109 cm³/mol. The van der Waals surface area contributed by atoms with Crippen molar-refractivity contribution in [1.29, 1.82) is 0 Å². The highest BCUT2D eigenvalue weighted by Crippen LogP contribution is 2.25. The van der Waals surface area contributed by atoms with Crippen LogP contribution in [0.15, 0.2) is 62.9 Å². The number of hydrogen-bond donors (Lipinski definition) is 0. The molecular weight excluding hydrogens is 400 g/mol. The third kappa shape index (κ3) is 3.28. The Morgan fingerprint density at radius 1 is 1.25 bits per heavy atom. The van der Waals surface area contributed by atoms with E-state index < -0.39 is 11.3 Å². The molecule has 142 valence electrons. The van der Waals surface area contributed by atoms with E-state index in [4.69, 9.17) is 20.8 Å². The first kappa shape index (κ1) is 18.6. The van der Waals surface area contributed by atoms with Crippen LogP contribution in [0.4, 0.5) is 0 Å². The highest BCUT2D eigenvalue weighted by molar-refractivity contribution is 7.16. The smallest absolute Gasteiger partial charge is 0.286 e. The summed E-state index contributed by atoms with van der Waals surface area (Å²) in [5.41, 5.74) is 0.690. The van der Waals surface area contributed by atoms with Gasteiger partial charge in [-0.3, -0.25) is 9.59 Å². The summed E-state index contributed by atoms with van der Waals surface area (Å²) in [5, 5.41) is 0.902. The molecule has 0 aliphatic heterocycles. The number of halogens is 1. The van der Waals surface area contributed by atoms with E-state index in [0.29, 0.717) is 33.9 Å². The van der Waals surface area contributed by atoms with Crippen molar-refractivity contribution in [1.82, 2.24) is 4.57 Å². The molecule has 2 heterocycles. The summed E-state index contributed by atoms with van der Waals surface area (Å²) in [6, 6.07) is 12.3. The lowest BCUT2D eigenvalue weighted by Gasteiger charge is -2.05. The van der Waals surface area contributed by atoms with E-state index in [-0.39, 0.29) is 5.56 Å². The number of methoxy groups -OCH3 is 1. The highest BCUT2D eigenvalue weighted by Gasteiger charge is 2.16. The molecule has 0 radical (unpaired) electrons. The summed E-state index contributed by atoms with van der Waals surface area (Å²) in [4.78, 5) is 30.1. The van der Waals surface area contributed by atoms with Gasteiger partial charge in [-0.2, -0.15) is 4.99 Å². The summed E-state index contributed by atoms with van der Waals surface area (Å²) < 4.78 is 13.3. The number of amides is 1. The predicted octanol–water partition coefficient (Wildman–Crippen LogP) is 3.85. The third-order valence-electron chi connectivity index (χ3n) is 4.28. The second-order valence-electron chi connectivity index (χ2n) is 6.01. The highest BCUT2D eigenvalue weighted by atomic mass is 35.5. The molecule has 8 heteroatoms. The van der Waals surface area contributed by atoms with Gasteiger partial charge in [0.05, 0.1) is 27.2 Å². The lowest BCUT2D eigenvalue weighted by atomic mass is 10.2. The zero-order valence-electron chi connectivity index (χ0n) is 14.8. The average Bonchev–Trinajstić information content (AvgIpc) is 3.05. The molecule has 0 N–H and O–H groups in total. The minimum atomic E-state index is -0.659. The fourth-order valence-electron chi connectivity index (χ4n) is 2.93. The second-order valence-corrected chi connectivity index (χ2v) is 7.42. The van der Waals surface area contributed by atoms with Gasteiger partial charge in [0.2, 0.25) is 5.43 Å². The first-order chi connectivity index (χ1) is 13.6. The van der Waals surface area contributed by atoms with Crippen LogP contribution in [0.5, 0.6) is 0 Å². The average molecular weight is 415 g/mol. The van der Waals surface area contributed by atoms with E-state index >= 15 is 0 Å².